The Labute approximate surface area is 812 Å². The fraction of sp³-hybridized carbons (Fsp3) is 0. The maximum atomic E-state index is 6.27. The van der Waals surface area contributed by atoms with Crippen LogP contribution >= 0.6 is 22.7 Å². The molecule has 141 heavy (non-hydrogen) atoms. The summed E-state index contributed by atoms with van der Waals surface area (Å²) >= 11 is 3.62. The Morgan fingerprint density at radius 1 is 0.135 bits per heavy atom. The van der Waals surface area contributed by atoms with Gasteiger partial charge in [-0.15, -0.1) is 22.7 Å². The third-order valence-corrected chi connectivity index (χ3v) is 29.6. The summed E-state index contributed by atoms with van der Waals surface area (Å²) in [6.07, 6.45) is 0. The molecule has 30 rings (SSSR count). The molecular weight excluding hydrogens is 1760 g/mol. The average Bonchev–Trinajstić information content (AvgIpc) is 1.73. The van der Waals surface area contributed by atoms with E-state index < -0.39 is 0 Å². The van der Waals surface area contributed by atoms with Gasteiger partial charge in [-0.1, -0.05) is 358 Å². The number of para-hydroxylation sites is 3. The zero-order valence-corrected chi connectivity index (χ0v) is 76.8. The maximum absolute atomic E-state index is 6.27. The van der Waals surface area contributed by atoms with Gasteiger partial charge in [0.05, 0.1) is 0 Å². The summed E-state index contributed by atoms with van der Waals surface area (Å²) in [6, 6.07) is 154. The van der Waals surface area contributed by atoms with Gasteiger partial charge in [0.2, 0.25) is 0 Å². The van der Waals surface area contributed by atoms with Crippen LogP contribution in [0.2, 0.25) is 0 Å². The van der Waals surface area contributed by atoms with E-state index in [0.29, 0.717) is 52.4 Å². The summed E-state index contributed by atoms with van der Waals surface area (Å²) in [6.45, 7) is 0. The number of fused-ring (bicyclic) bond motifs is 25. The lowest BCUT2D eigenvalue weighted by molar-refractivity contribution is 0.668. The van der Waals surface area contributed by atoms with Gasteiger partial charge in [-0.25, -0.2) is 44.9 Å². The molecule has 0 bridgehead atoms. The number of thiophene rings is 2. The second-order valence-electron chi connectivity index (χ2n) is 35.5. The van der Waals surface area contributed by atoms with Crippen molar-refractivity contribution >= 4 is 204 Å². The first kappa shape index (κ1) is 80.9. The smallest absolute Gasteiger partial charge is 0.164 e. The van der Waals surface area contributed by atoms with E-state index in [2.05, 4.69) is 352 Å². The van der Waals surface area contributed by atoms with Crippen molar-refractivity contribution in [2.75, 3.05) is 0 Å². The Bertz CT molecular complexity index is 10100. The summed E-state index contributed by atoms with van der Waals surface area (Å²) in [4.78, 5) is 47.1. The highest BCUT2D eigenvalue weighted by Gasteiger charge is 2.27. The highest BCUT2D eigenvalue weighted by molar-refractivity contribution is 7.26. The molecule has 0 saturated heterocycles. The number of hydrogen-bond donors (Lipinski definition) is 0. The third-order valence-electron chi connectivity index (χ3n) is 27.4. The van der Waals surface area contributed by atoms with Gasteiger partial charge in [-0.2, -0.15) is 0 Å². The summed E-state index contributed by atoms with van der Waals surface area (Å²) in [5, 5.41) is 27.3. The molecule has 0 unspecified atom stereocenters. The molecule has 30 aromatic rings. The molecule has 0 atom stereocenters. The number of rotatable bonds is 10. The molecule has 0 saturated carbocycles. The van der Waals surface area contributed by atoms with E-state index in [9.17, 15) is 0 Å². The van der Waals surface area contributed by atoms with E-state index in [1.54, 1.807) is 0 Å². The highest BCUT2D eigenvalue weighted by Crippen LogP contribution is 2.48. The molecule has 0 aliphatic carbocycles. The third kappa shape index (κ3) is 13.8. The van der Waals surface area contributed by atoms with Gasteiger partial charge in [0.15, 0.2) is 52.4 Å². The van der Waals surface area contributed by atoms with Gasteiger partial charge in [-0.3, -0.25) is 0 Å². The molecule has 0 fully saturated rings. The van der Waals surface area contributed by atoms with Crippen molar-refractivity contribution in [3.8, 4) is 114 Å². The maximum Gasteiger partial charge on any atom is 0.164 e. The molecule has 8 heterocycles. The highest BCUT2D eigenvalue weighted by atomic mass is 32.1. The first-order valence-electron chi connectivity index (χ1n) is 47.0. The zero-order valence-electron chi connectivity index (χ0n) is 75.2. The summed E-state index contributed by atoms with van der Waals surface area (Å²) in [5.74, 6) is 5.65. The van der Waals surface area contributed by atoms with Crippen molar-refractivity contribution < 1.29 is 13.3 Å². The minimum Gasteiger partial charge on any atom is -0.456 e. The van der Waals surface area contributed by atoms with Crippen LogP contribution in [0.15, 0.2) is 456 Å². The second kappa shape index (κ2) is 33.2. The molecule has 656 valence electrons. The van der Waals surface area contributed by atoms with Crippen molar-refractivity contribution in [2.24, 2.45) is 0 Å². The van der Waals surface area contributed by atoms with Crippen LogP contribution < -0.4 is 0 Å². The fourth-order valence-electron chi connectivity index (χ4n) is 21.0. The molecule has 14 heteroatoms. The van der Waals surface area contributed by atoms with Gasteiger partial charge in [0, 0.05) is 123 Å². The Balaban J connectivity index is 0.000000104. The van der Waals surface area contributed by atoms with Gasteiger partial charge in [0.1, 0.15) is 33.5 Å². The normalized spacial score (nSPS) is 11.8. The van der Waals surface area contributed by atoms with Gasteiger partial charge >= 0.3 is 0 Å². The van der Waals surface area contributed by atoms with Gasteiger partial charge in [0.25, 0.3) is 0 Å². The topological polar surface area (TPSA) is 155 Å². The van der Waals surface area contributed by atoms with Gasteiger partial charge in [-0.05, 0) is 171 Å². The molecule has 8 aromatic heterocycles. The van der Waals surface area contributed by atoms with E-state index >= 15 is 0 Å². The lowest BCUT2D eigenvalue weighted by atomic mass is 9.91. The average molecular weight is 1840 g/mol. The molecule has 12 nitrogen and oxygen atoms in total. The van der Waals surface area contributed by atoms with Crippen LogP contribution in [0.3, 0.4) is 0 Å². The molecule has 22 aromatic carbocycles. The number of furan rings is 3. The molecule has 0 aliphatic rings. The molecule has 0 spiro atoms. The monoisotopic (exact) mass is 1840 g/mol. The van der Waals surface area contributed by atoms with Gasteiger partial charge < -0.3 is 13.3 Å². The van der Waals surface area contributed by atoms with Crippen molar-refractivity contribution in [1.82, 2.24) is 44.9 Å². The molecule has 0 N–H and O–H groups in total. The van der Waals surface area contributed by atoms with Crippen LogP contribution in [0.5, 0.6) is 0 Å². The van der Waals surface area contributed by atoms with E-state index in [1.807, 2.05) is 114 Å². The minimum atomic E-state index is 0.583. The van der Waals surface area contributed by atoms with Crippen molar-refractivity contribution in [3.63, 3.8) is 0 Å². The van der Waals surface area contributed by atoms with Crippen LogP contribution in [0.1, 0.15) is 0 Å². The van der Waals surface area contributed by atoms with Crippen LogP contribution in [0.4, 0.5) is 0 Å². The Morgan fingerprint density at radius 3 is 0.993 bits per heavy atom. The molecule has 0 radical (unpaired) electrons. The largest absolute Gasteiger partial charge is 0.456 e. The predicted molar refractivity (Wildman–Crippen MR) is 584 cm³/mol. The second-order valence-corrected chi connectivity index (χ2v) is 37.7. The van der Waals surface area contributed by atoms with E-state index in [4.69, 9.17) is 58.1 Å². The van der Waals surface area contributed by atoms with Crippen LogP contribution in [-0.4, -0.2) is 44.9 Å². The fourth-order valence-corrected chi connectivity index (χ4v) is 23.2. The molecule has 0 aliphatic heterocycles. The number of aromatic nitrogens is 9. The predicted octanol–water partition coefficient (Wildman–Crippen LogP) is 34.8. The van der Waals surface area contributed by atoms with Crippen molar-refractivity contribution in [3.05, 3.63) is 443 Å². The van der Waals surface area contributed by atoms with Crippen LogP contribution in [0.25, 0.3) is 295 Å². The summed E-state index contributed by atoms with van der Waals surface area (Å²) < 4.78 is 23.7. The van der Waals surface area contributed by atoms with E-state index in [0.717, 1.165) is 159 Å². The quantitative estimate of drug-likeness (QED) is 0.120. The Morgan fingerprint density at radius 2 is 0.454 bits per heavy atom. The first-order chi connectivity index (χ1) is 69.9. The van der Waals surface area contributed by atoms with E-state index in [1.165, 1.54) is 83.4 Å². The summed E-state index contributed by atoms with van der Waals surface area (Å²) in [5.41, 5.74) is 15.7. The Kier molecular flexibility index (Phi) is 19.1. The number of nitrogens with zero attached hydrogens (tertiary/aromatic N) is 9. The van der Waals surface area contributed by atoms with Crippen molar-refractivity contribution in [1.29, 1.82) is 0 Å². The lowest BCUT2D eigenvalue weighted by Crippen LogP contribution is -2.01. The summed E-state index contributed by atoms with van der Waals surface area (Å²) in [7, 11) is 0. The molecule has 0 amide bonds. The van der Waals surface area contributed by atoms with Crippen molar-refractivity contribution in [2.45, 2.75) is 0 Å². The number of benzene rings is 22. The van der Waals surface area contributed by atoms with E-state index in [-0.39, 0.29) is 0 Å². The van der Waals surface area contributed by atoms with Crippen LogP contribution in [-0.2, 0) is 0 Å². The standard InChI is InChI=1S/C45H27N3O.C41H23N3O2.C41H23N3S2/c1-2-12-29(13-3-1)38-27-34(26-32-23-22-30-14-6-7-16-35(30)41(32)38)44-46-43(33-24-21-28-11-4-5-15-31(28)25-33)47-45(48-44)37-18-10-20-40-42(37)36-17-8-9-19-39(36)49-40;1-2-11-25-24(10-1)22-23-27-26(25)14-7-15-28(27)39-42-40(31-16-8-20-35-37(31)29-12-3-5-18-33(29)45-35)44-41(43-39)32-17-9-21-36-38(32)30-13-4-6-19-34(30)46-36;1-2-12-25-24(11-1)23-32(27-14-4-3-13-26(25)27)41-43-39(30-17-9-21-35-37(30)28-15-5-7-19-33(28)45-35)42-40(44-41)31-18-10-22-36-38(31)29-16-6-8-20-34(29)46-36/h1-27H;2*1-23H. The molecular formula is C127H73N9O3S2. The Hall–Kier alpha value is -18.5. The minimum absolute atomic E-state index is 0.583. The first-order valence-corrected chi connectivity index (χ1v) is 48.6. The zero-order chi connectivity index (χ0) is 92.7. The lowest BCUT2D eigenvalue weighted by Gasteiger charge is -2.14. The van der Waals surface area contributed by atoms with Crippen LogP contribution in [0, 0.1) is 0 Å². The number of hydrogen-bond acceptors (Lipinski definition) is 14. The SMILES string of the molecule is c1ccc(-c2cc(-c3nc(-c4ccc5ccccc5c4)nc(-c4cccc5oc6ccccc6c45)n3)cc3ccc4ccccc4c23)cc1.c1ccc2c(c1)cc(-c1nc(-c3cccc4sc5ccccc5c34)nc(-c3cccc4sc5ccccc5c34)n1)c1ccccc12.c1ccc2c(c1)ccc1c(-c3nc(-c4cccc5oc6ccccc6c45)nc(-c4cccc5oc6ccccc6c45)n3)cccc12.